The molecule has 3 aromatic rings. The van der Waals surface area contributed by atoms with Crippen molar-refractivity contribution in [2.45, 2.75) is 12.0 Å². The molecule has 0 bridgehead atoms. The Morgan fingerprint density at radius 2 is 1.50 bits per heavy atom. The number of nitrogens with zero attached hydrogens (tertiary/aromatic N) is 1. The summed E-state index contributed by atoms with van der Waals surface area (Å²) in [5, 5.41) is 10.2. The number of carbonyl (C=O) groups is 2. The summed E-state index contributed by atoms with van der Waals surface area (Å²) in [7, 11) is 1.42. The third-order valence-corrected chi connectivity index (χ3v) is 5.68. The molecule has 0 spiro atoms. The van der Waals surface area contributed by atoms with Crippen LogP contribution in [0.5, 0.6) is 0 Å². The molecule has 1 aliphatic rings. The van der Waals surface area contributed by atoms with Crippen LogP contribution in [-0.4, -0.2) is 35.7 Å². The number of carboxylic acids is 1. The van der Waals surface area contributed by atoms with E-state index in [1.165, 1.54) is 7.05 Å². The van der Waals surface area contributed by atoms with Crippen LogP contribution in [0.1, 0.15) is 28.7 Å². The molecule has 0 fully saturated rings. The van der Waals surface area contributed by atoms with Gasteiger partial charge in [0.15, 0.2) is 6.04 Å². The third kappa shape index (κ3) is 3.64. The van der Waals surface area contributed by atoms with Gasteiger partial charge in [-0.25, -0.2) is 9.59 Å². The zero-order chi connectivity index (χ0) is 21.3. The maximum absolute atomic E-state index is 12.7. The second-order valence-electron chi connectivity index (χ2n) is 7.21. The molecular formula is C24H20ClNO4. The minimum atomic E-state index is -1.17. The highest BCUT2D eigenvalue weighted by Crippen LogP contribution is 2.44. The van der Waals surface area contributed by atoms with E-state index in [9.17, 15) is 14.7 Å². The second kappa shape index (κ2) is 8.20. The van der Waals surface area contributed by atoms with Gasteiger partial charge in [-0.15, -0.1) is 0 Å². The lowest BCUT2D eigenvalue weighted by Gasteiger charge is -2.25. The fourth-order valence-electron chi connectivity index (χ4n) is 3.98. The number of hydrogen-bond donors (Lipinski definition) is 1. The summed E-state index contributed by atoms with van der Waals surface area (Å²) in [6.07, 6.45) is -0.695. The molecule has 0 saturated carbocycles. The monoisotopic (exact) mass is 421 g/mol. The van der Waals surface area contributed by atoms with Crippen LogP contribution in [0, 0.1) is 0 Å². The number of hydrogen-bond acceptors (Lipinski definition) is 3. The van der Waals surface area contributed by atoms with Crippen LogP contribution in [0.25, 0.3) is 11.1 Å². The van der Waals surface area contributed by atoms with Gasteiger partial charge in [-0.3, -0.25) is 4.90 Å². The first kappa shape index (κ1) is 20.0. The van der Waals surface area contributed by atoms with Crippen molar-refractivity contribution < 1.29 is 19.4 Å². The summed E-state index contributed by atoms with van der Waals surface area (Å²) in [5.74, 6) is -1.23. The molecule has 1 amide bonds. The quantitative estimate of drug-likeness (QED) is 0.603. The average Bonchev–Trinajstić information content (AvgIpc) is 3.07. The highest BCUT2D eigenvalue weighted by molar-refractivity contribution is 6.30. The molecule has 1 atom stereocenters. The Bertz CT molecular complexity index is 1050. The van der Waals surface area contributed by atoms with Crippen molar-refractivity contribution in [3.05, 3.63) is 94.5 Å². The fraction of sp³-hybridized carbons (Fsp3) is 0.167. The van der Waals surface area contributed by atoms with Gasteiger partial charge >= 0.3 is 12.1 Å². The minimum absolute atomic E-state index is 0.0893. The van der Waals surface area contributed by atoms with E-state index < -0.39 is 18.1 Å². The molecule has 5 nitrogen and oxygen atoms in total. The number of aliphatic carboxylic acids is 1. The van der Waals surface area contributed by atoms with Gasteiger partial charge in [0, 0.05) is 18.0 Å². The topological polar surface area (TPSA) is 66.8 Å². The Balaban J connectivity index is 1.53. The number of halogens is 1. The van der Waals surface area contributed by atoms with Crippen LogP contribution in [-0.2, 0) is 9.53 Å². The summed E-state index contributed by atoms with van der Waals surface area (Å²) in [6, 6.07) is 21.3. The number of benzene rings is 3. The smallest absolute Gasteiger partial charge is 0.410 e. The van der Waals surface area contributed by atoms with Gasteiger partial charge in [-0.1, -0.05) is 72.3 Å². The van der Waals surface area contributed by atoms with Crippen molar-refractivity contribution in [1.82, 2.24) is 4.90 Å². The fourth-order valence-corrected chi connectivity index (χ4v) is 4.10. The summed E-state index contributed by atoms with van der Waals surface area (Å²) >= 11 is 5.89. The van der Waals surface area contributed by atoms with Gasteiger partial charge in [-0.2, -0.15) is 0 Å². The molecule has 152 valence electrons. The van der Waals surface area contributed by atoms with E-state index >= 15 is 0 Å². The van der Waals surface area contributed by atoms with E-state index in [2.05, 4.69) is 12.1 Å². The summed E-state index contributed by atoms with van der Waals surface area (Å²) in [6.45, 7) is 0.129. The molecule has 4 rings (SSSR count). The molecular weight excluding hydrogens is 402 g/mol. The molecule has 0 heterocycles. The summed E-state index contributed by atoms with van der Waals surface area (Å²) < 4.78 is 5.58. The predicted octanol–water partition coefficient (Wildman–Crippen LogP) is 5.35. The Labute approximate surface area is 179 Å². The first-order chi connectivity index (χ1) is 14.5. The van der Waals surface area contributed by atoms with Crippen molar-refractivity contribution in [2.75, 3.05) is 13.7 Å². The summed E-state index contributed by atoms with van der Waals surface area (Å²) in [4.78, 5) is 25.7. The number of amides is 1. The number of rotatable bonds is 5. The number of likely N-dealkylation sites (N-methyl/N-ethyl adjacent to an activating group) is 1. The van der Waals surface area contributed by atoms with Gasteiger partial charge in [-0.05, 0) is 39.9 Å². The van der Waals surface area contributed by atoms with Gasteiger partial charge < -0.3 is 9.84 Å². The molecule has 30 heavy (non-hydrogen) atoms. The van der Waals surface area contributed by atoms with Crippen LogP contribution < -0.4 is 0 Å². The van der Waals surface area contributed by atoms with Crippen LogP contribution in [0.2, 0.25) is 5.02 Å². The number of fused-ring (bicyclic) bond motifs is 3. The van der Waals surface area contributed by atoms with Crippen LogP contribution in [0.3, 0.4) is 0 Å². The van der Waals surface area contributed by atoms with Crippen molar-refractivity contribution >= 4 is 23.7 Å². The Morgan fingerprint density at radius 1 is 0.967 bits per heavy atom. The number of carbonyl (C=O) groups excluding carboxylic acids is 1. The van der Waals surface area contributed by atoms with Crippen LogP contribution in [0.15, 0.2) is 72.8 Å². The van der Waals surface area contributed by atoms with Crippen LogP contribution in [0.4, 0.5) is 4.79 Å². The van der Waals surface area contributed by atoms with E-state index in [1.54, 1.807) is 24.3 Å². The minimum Gasteiger partial charge on any atom is -0.479 e. The standard InChI is InChI=1S/C24H20ClNO4/c1-26(22(23(27)28)15-10-12-16(25)13-11-15)24(29)30-14-21-19-8-4-2-6-17(19)18-7-3-5-9-20(18)21/h2-13,21-22H,14H2,1H3,(H,27,28). The molecule has 0 aromatic heterocycles. The van der Waals surface area contributed by atoms with Gasteiger partial charge in [0.2, 0.25) is 0 Å². The molecule has 1 unspecified atom stereocenters. The molecule has 1 aliphatic carbocycles. The molecule has 0 radical (unpaired) electrons. The predicted molar refractivity (Wildman–Crippen MR) is 115 cm³/mol. The zero-order valence-electron chi connectivity index (χ0n) is 16.3. The summed E-state index contributed by atoms with van der Waals surface area (Å²) in [5.41, 5.74) is 4.91. The lowest BCUT2D eigenvalue weighted by molar-refractivity contribution is -0.142. The Morgan fingerprint density at radius 3 is 2.03 bits per heavy atom. The third-order valence-electron chi connectivity index (χ3n) is 5.43. The highest BCUT2D eigenvalue weighted by Gasteiger charge is 2.32. The van der Waals surface area contributed by atoms with Gasteiger partial charge in [0.1, 0.15) is 6.61 Å². The van der Waals surface area contributed by atoms with E-state index in [4.69, 9.17) is 16.3 Å². The molecule has 0 saturated heterocycles. The average molecular weight is 422 g/mol. The zero-order valence-corrected chi connectivity index (χ0v) is 17.0. The normalized spacial score (nSPS) is 13.3. The lowest BCUT2D eigenvalue weighted by Crippen LogP contribution is -2.36. The Kier molecular flexibility index (Phi) is 5.46. The second-order valence-corrected chi connectivity index (χ2v) is 7.64. The van der Waals surface area contributed by atoms with E-state index in [-0.39, 0.29) is 12.5 Å². The van der Waals surface area contributed by atoms with E-state index in [0.717, 1.165) is 27.2 Å². The molecule has 0 aliphatic heterocycles. The maximum Gasteiger partial charge on any atom is 0.410 e. The Hall–Kier alpha value is -3.31. The largest absolute Gasteiger partial charge is 0.479 e. The van der Waals surface area contributed by atoms with Crippen molar-refractivity contribution in [2.24, 2.45) is 0 Å². The highest BCUT2D eigenvalue weighted by atomic mass is 35.5. The van der Waals surface area contributed by atoms with Gasteiger partial charge in [0.25, 0.3) is 0 Å². The number of ether oxygens (including phenoxy) is 1. The first-order valence-corrected chi connectivity index (χ1v) is 9.91. The maximum atomic E-state index is 12.7. The molecule has 3 aromatic carbocycles. The van der Waals surface area contributed by atoms with E-state index in [1.807, 2.05) is 36.4 Å². The van der Waals surface area contributed by atoms with Crippen molar-refractivity contribution in [3.8, 4) is 11.1 Å². The first-order valence-electron chi connectivity index (χ1n) is 9.53. The van der Waals surface area contributed by atoms with Crippen molar-refractivity contribution in [1.29, 1.82) is 0 Å². The van der Waals surface area contributed by atoms with Gasteiger partial charge in [0.05, 0.1) is 0 Å². The van der Waals surface area contributed by atoms with Crippen molar-refractivity contribution in [3.63, 3.8) is 0 Å². The number of carboxylic acid groups (broad SMARTS) is 1. The molecule has 1 N–H and O–H groups in total. The molecule has 6 heteroatoms. The van der Waals surface area contributed by atoms with Crippen LogP contribution >= 0.6 is 11.6 Å². The lowest BCUT2D eigenvalue weighted by atomic mass is 9.98. The SMILES string of the molecule is CN(C(=O)OCC1c2ccccc2-c2ccccc21)C(C(=O)O)c1ccc(Cl)cc1. The van der Waals surface area contributed by atoms with E-state index in [0.29, 0.717) is 10.6 Å².